The topological polar surface area (TPSA) is 41.6 Å². The number of nitrogens with one attached hydrogen (secondary N) is 1. The Kier molecular flexibility index (Phi) is 1.09. The number of hydrogen-bond donors (Lipinski definition) is 1. The first kappa shape index (κ1) is 5.65. The molecule has 0 bridgehead atoms. The maximum Gasteiger partial charge on any atom is 0.0901 e. The molecule has 1 N–H and O–H groups in total. The van der Waals surface area contributed by atoms with Crippen LogP contribution in [-0.2, 0) is 6.42 Å². The molecule has 1 aromatic heterocycles. The third kappa shape index (κ3) is 0.744. The number of rotatable bonds is 0. The number of fused-ring (bicyclic) bond motifs is 1. The minimum atomic E-state index is 1.04. The molecule has 52 valence electrons. The number of allylic oxidation sites excluding steroid dienone is 1. The first-order valence-corrected chi connectivity index (χ1v) is 3.43. The Morgan fingerprint density at radius 2 is 2.40 bits per heavy atom. The van der Waals surface area contributed by atoms with Crippen molar-refractivity contribution in [3.63, 3.8) is 0 Å². The van der Waals surface area contributed by atoms with Crippen LogP contribution in [0.3, 0.4) is 0 Å². The molecule has 0 saturated carbocycles. The molecule has 0 unspecified atom stereocenters. The van der Waals surface area contributed by atoms with Gasteiger partial charge in [-0.25, -0.2) is 0 Å². The van der Waals surface area contributed by atoms with Gasteiger partial charge in [0.1, 0.15) is 0 Å². The van der Waals surface area contributed by atoms with Crippen molar-refractivity contribution < 1.29 is 0 Å². The van der Waals surface area contributed by atoms with Crippen LogP contribution in [0.2, 0.25) is 0 Å². The summed E-state index contributed by atoms with van der Waals surface area (Å²) in [7, 11) is 0. The molecule has 0 amide bonds. The second-order valence-electron chi connectivity index (χ2n) is 2.66. The molecule has 0 aromatic carbocycles. The number of nitrogens with zero attached hydrogens (tertiary/aromatic N) is 2. The maximum absolute atomic E-state index is 3.94. The van der Waals surface area contributed by atoms with Gasteiger partial charge in [-0.3, -0.25) is 5.10 Å². The summed E-state index contributed by atoms with van der Waals surface area (Å²) in [6, 6.07) is 0. The predicted molar refractivity (Wildman–Crippen MR) is 38.4 cm³/mol. The van der Waals surface area contributed by atoms with Crippen LogP contribution >= 0.6 is 0 Å². The largest absolute Gasteiger partial charge is 0.258 e. The molecule has 0 radical (unpaired) electrons. The molecule has 0 aliphatic heterocycles. The van der Waals surface area contributed by atoms with Crippen molar-refractivity contribution in [1.82, 2.24) is 15.4 Å². The van der Waals surface area contributed by atoms with Gasteiger partial charge in [0.05, 0.1) is 11.4 Å². The van der Waals surface area contributed by atoms with Crippen molar-refractivity contribution in [2.24, 2.45) is 0 Å². The van der Waals surface area contributed by atoms with Gasteiger partial charge in [0.25, 0.3) is 0 Å². The van der Waals surface area contributed by atoms with E-state index in [0.29, 0.717) is 0 Å². The monoisotopic (exact) mass is 135 g/mol. The van der Waals surface area contributed by atoms with Crippen LogP contribution in [0.25, 0.3) is 6.08 Å². The van der Waals surface area contributed by atoms with Crippen LogP contribution in [0.4, 0.5) is 0 Å². The van der Waals surface area contributed by atoms with Gasteiger partial charge in [-0.05, 0) is 25.8 Å². The van der Waals surface area contributed by atoms with E-state index in [1.807, 2.05) is 0 Å². The number of H-pyrrole nitrogens is 1. The first-order chi connectivity index (χ1) is 4.86. The summed E-state index contributed by atoms with van der Waals surface area (Å²) in [6.45, 7) is 2.13. The highest BCUT2D eigenvalue weighted by Crippen LogP contribution is 2.18. The van der Waals surface area contributed by atoms with Crippen molar-refractivity contribution >= 4 is 6.08 Å². The third-order valence-electron chi connectivity index (χ3n) is 1.80. The standard InChI is InChI=1S/C7H9N3/c1-5-2-3-6-7(4-5)9-10-8-6/h4H,2-3H2,1H3,(H,8,9,10). The Labute approximate surface area is 59.1 Å². The maximum atomic E-state index is 3.94. The lowest BCUT2D eigenvalue weighted by Crippen LogP contribution is -1.95. The van der Waals surface area contributed by atoms with Gasteiger partial charge < -0.3 is 0 Å². The number of aryl methyl sites for hydroxylation is 1. The summed E-state index contributed by atoms with van der Waals surface area (Å²) in [5, 5.41) is 10.5. The van der Waals surface area contributed by atoms with Crippen LogP contribution < -0.4 is 0 Å². The Morgan fingerprint density at radius 3 is 3.30 bits per heavy atom. The molecule has 0 fully saturated rings. The fourth-order valence-corrected chi connectivity index (χ4v) is 1.19. The average molecular weight is 135 g/mol. The van der Waals surface area contributed by atoms with Crippen LogP contribution in [0.5, 0.6) is 0 Å². The number of hydrogen-bond acceptors (Lipinski definition) is 2. The molecule has 3 nitrogen and oxygen atoms in total. The van der Waals surface area contributed by atoms with E-state index in [2.05, 4.69) is 28.4 Å². The summed E-state index contributed by atoms with van der Waals surface area (Å²) in [4.78, 5) is 0. The number of aromatic amines is 1. The zero-order chi connectivity index (χ0) is 6.97. The van der Waals surface area contributed by atoms with Gasteiger partial charge in [-0.2, -0.15) is 0 Å². The zero-order valence-corrected chi connectivity index (χ0v) is 5.89. The van der Waals surface area contributed by atoms with Gasteiger partial charge >= 0.3 is 0 Å². The Balaban J connectivity index is 2.50. The summed E-state index contributed by atoms with van der Waals surface area (Å²) >= 11 is 0. The lowest BCUT2D eigenvalue weighted by atomic mass is 10.0. The molecule has 0 atom stereocenters. The Morgan fingerprint density at radius 1 is 1.50 bits per heavy atom. The van der Waals surface area contributed by atoms with E-state index in [4.69, 9.17) is 0 Å². The minimum Gasteiger partial charge on any atom is -0.258 e. The second kappa shape index (κ2) is 1.94. The molecule has 1 heterocycles. The van der Waals surface area contributed by atoms with Gasteiger partial charge in [0, 0.05) is 0 Å². The van der Waals surface area contributed by atoms with Crippen molar-refractivity contribution in [3.8, 4) is 0 Å². The molecular weight excluding hydrogens is 126 g/mol. The highest BCUT2D eigenvalue weighted by atomic mass is 15.3. The van der Waals surface area contributed by atoms with E-state index >= 15 is 0 Å². The molecule has 1 aliphatic rings. The minimum absolute atomic E-state index is 1.04. The van der Waals surface area contributed by atoms with Gasteiger partial charge in [-0.1, -0.05) is 10.8 Å². The molecule has 0 saturated heterocycles. The van der Waals surface area contributed by atoms with E-state index in [-0.39, 0.29) is 0 Å². The van der Waals surface area contributed by atoms with Crippen LogP contribution in [0.1, 0.15) is 24.7 Å². The summed E-state index contributed by atoms with van der Waals surface area (Å²) < 4.78 is 0. The summed E-state index contributed by atoms with van der Waals surface area (Å²) in [5.41, 5.74) is 3.59. The molecular formula is C7H9N3. The lowest BCUT2D eigenvalue weighted by Gasteiger charge is -2.05. The van der Waals surface area contributed by atoms with Crippen LogP contribution in [0.15, 0.2) is 5.57 Å². The number of aromatic nitrogens is 3. The SMILES string of the molecule is CC1=Cc2[nH]nnc2CC1. The molecule has 10 heavy (non-hydrogen) atoms. The highest BCUT2D eigenvalue weighted by Gasteiger charge is 2.09. The fraction of sp³-hybridized carbons (Fsp3) is 0.429. The average Bonchev–Trinajstić information content (AvgIpc) is 2.33. The summed E-state index contributed by atoms with van der Waals surface area (Å²) in [6.07, 6.45) is 4.27. The van der Waals surface area contributed by atoms with Crippen LogP contribution in [0, 0.1) is 0 Å². The molecule has 1 aromatic rings. The highest BCUT2D eigenvalue weighted by molar-refractivity contribution is 5.52. The van der Waals surface area contributed by atoms with Crippen molar-refractivity contribution in [2.45, 2.75) is 19.8 Å². The van der Waals surface area contributed by atoms with Gasteiger partial charge in [0.15, 0.2) is 0 Å². The van der Waals surface area contributed by atoms with E-state index in [1.165, 1.54) is 5.57 Å². The van der Waals surface area contributed by atoms with E-state index in [0.717, 1.165) is 24.2 Å². The van der Waals surface area contributed by atoms with Gasteiger partial charge in [0.2, 0.25) is 0 Å². The Bertz CT molecular complexity index is 272. The smallest absolute Gasteiger partial charge is 0.0901 e. The summed E-state index contributed by atoms with van der Waals surface area (Å²) in [5.74, 6) is 0. The third-order valence-corrected chi connectivity index (χ3v) is 1.80. The molecule has 3 heteroatoms. The Hall–Kier alpha value is -1.12. The normalized spacial score (nSPS) is 16.3. The van der Waals surface area contributed by atoms with Crippen molar-refractivity contribution in [3.05, 3.63) is 17.0 Å². The lowest BCUT2D eigenvalue weighted by molar-refractivity contribution is 0.864. The predicted octanol–water partition coefficient (Wildman–Crippen LogP) is 1.15. The second-order valence-corrected chi connectivity index (χ2v) is 2.66. The first-order valence-electron chi connectivity index (χ1n) is 3.43. The molecule has 0 spiro atoms. The van der Waals surface area contributed by atoms with E-state index < -0.39 is 0 Å². The quantitative estimate of drug-likeness (QED) is 0.579. The fourth-order valence-electron chi connectivity index (χ4n) is 1.19. The van der Waals surface area contributed by atoms with Crippen LogP contribution in [-0.4, -0.2) is 15.4 Å². The van der Waals surface area contributed by atoms with Crippen molar-refractivity contribution in [2.75, 3.05) is 0 Å². The van der Waals surface area contributed by atoms with E-state index in [1.54, 1.807) is 0 Å². The molecule has 1 aliphatic carbocycles. The van der Waals surface area contributed by atoms with Gasteiger partial charge in [-0.15, -0.1) is 5.10 Å². The zero-order valence-electron chi connectivity index (χ0n) is 5.89. The van der Waals surface area contributed by atoms with E-state index in [9.17, 15) is 0 Å². The van der Waals surface area contributed by atoms with Crippen molar-refractivity contribution in [1.29, 1.82) is 0 Å². The molecule has 2 rings (SSSR count).